The standard InChI is InChI=1S/C4H4N2O2.CH2O2/c7-4(8)3-1-5-6-2-3;2-1-3/h1-2H,(H,5,6)(H,7,8);1H,(H,2,3). The topological polar surface area (TPSA) is 103 Å². The predicted molar refractivity (Wildman–Crippen MR) is 34.2 cm³/mol. The number of aromatic carboxylic acids is 1. The molecule has 0 amide bonds. The van der Waals surface area contributed by atoms with Gasteiger partial charge in [0.1, 0.15) is 0 Å². The van der Waals surface area contributed by atoms with Gasteiger partial charge in [0.25, 0.3) is 6.47 Å². The fraction of sp³-hybridized carbons (Fsp3) is 0. The Kier molecular flexibility index (Phi) is 4.14. The first-order valence-corrected chi connectivity index (χ1v) is 2.52. The Morgan fingerprint density at radius 3 is 2.45 bits per heavy atom. The number of nitrogens with one attached hydrogen (secondary N) is 1. The minimum Gasteiger partial charge on any atom is -0.483 e. The van der Waals surface area contributed by atoms with E-state index in [4.69, 9.17) is 15.0 Å². The lowest BCUT2D eigenvalue weighted by Crippen LogP contribution is -1.91. The normalized spacial score (nSPS) is 7.64. The first-order chi connectivity index (χ1) is 5.22. The molecular weight excluding hydrogens is 152 g/mol. The fourth-order valence-electron chi connectivity index (χ4n) is 0.368. The van der Waals surface area contributed by atoms with Crippen LogP contribution in [-0.2, 0) is 4.79 Å². The SMILES string of the molecule is O=C(O)c1cn[nH]c1.O=CO. The van der Waals surface area contributed by atoms with Crippen molar-refractivity contribution in [1.82, 2.24) is 10.2 Å². The average molecular weight is 158 g/mol. The molecule has 6 heteroatoms. The summed E-state index contributed by atoms with van der Waals surface area (Å²) in [6.07, 6.45) is 2.57. The van der Waals surface area contributed by atoms with Crippen molar-refractivity contribution in [1.29, 1.82) is 0 Å². The van der Waals surface area contributed by atoms with Crippen LogP contribution < -0.4 is 0 Å². The summed E-state index contributed by atoms with van der Waals surface area (Å²) in [4.78, 5) is 18.4. The molecule has 0 saturated heterocycles. The quantitative estimate of drug-likeness (QED) is 0.491. The van der Waals surface area contributed by atoms with Gasteiger partial charge in [0.2, 0.25) is 0 Å². The maximum absolute atomic E-state index is 10.0. The number of rotatable bonds is 1. The van der Waals surface area contributed by atoms with E-state index in [9.17, 15) is 4.79 Å². The van der Waals surface area contributed by atoms with Crippen molar-refractivity contribution in [3.05, 3.63) is 18.0 Å². The minimum atomic E-state index is -0.959. The van der Waals surface area contributed by atoms with Crippen molar-refractivity contribution in [2.45, 2.75) is 0 Å². The Balaban J connectivity index is 0.000000292. The average Bonchev–Trinajstić information content (AvgIpc) is 2.38. The Hall–Kier alpha value is -1.85. The summed E-state index contributed by atoms with van der Waals surface area (Å²) in [5, 5.41) is 20.9. The molecule has 0 aliphatic heterocycles. The highest BCUT2D eigenvalue weighted by Crippen LogP contribution is 1.90. The van der Waals surface area contributed by atoms with Crippen LogP contribution in [0.3, 0.4) is 0 Å². The highest BCUT2D eigenvalue weighted by Gasteiger charge is 1.99. The summed E-state index contributed by atoms with van der Waals surface area (Å²) in [6.45, 7) is -0.250. The molecule has 0 aliphatic rings. The van der Waals surface area contributed by atoms with Crippen LogP contribution in [0.2, 0.25) is 0 Å². The third-order valence-electron chi connectivity index (χ3n) is 0.745. The number of carboxylic acid groups (broad SMARTS) is 2. The van der Waals surface area contributed by atoms with E-state index >= 15 is 0 Å². The van der Waals surface area contributed by atoms with Gasteiger partial charge in [-0.05, 0) is 0 Å². The van der Waals surface area contributed by atoms with Gasteiger partial charge in [-0.1, -0.05) is 0 Å². The summed E-state index contributed by atoms with van der Waals surface area (Å²) >= 11 is 0. The van der Waals surface area contributed by atoms with Crippen LogP contribution in [-0.4, -0.2) is 32.9 Å². The Bertz CT molecular complexity index is 218. The Labute approximate surface area is 61.5 Å². The van der Waals surface area contributed by atoms with E-state index in [1.165, 1.54) is 12.4 Å². The summed E-state index contributed by atoms with van der Waals surface area (Å²) in [5.41, 5.74) is 0.185. The third kappa shape index (κ3) is 3.68. The van der Waals surface area contributed by atoms with Gasteiger partial charge in [0.05, 0.1) is 11.8 Å². The molecule has 1 aromatic rings. The second kappa shape index (κ2) is 4.98. The van der Waals surface area contributed by atoms with Crippen LogP contribution in [0.5, 0.6) is 0 Å². The van der Waals surface area contributed by atoms with Crippen LogP contribution in [0, 0.1) is 0 Å². The number of H-pyrrole nitrogens is 1. The van der Waals surface area contributed by atoms with Gasteiger partial charge in [-0.15, -0.1) is 0 Å². The van der Waals surface area contributed by atoms with Gasteiger partial charge in [0.15, 0.2) is 0 Å². The summed E-state index contributed by atoms with van der Waals surface area (Å²) < 4.78 is 0. The molecule has 0 saturated carbocycles. The molecule has 0 bridgehead atoms. The van der Waals surface area contributed by atoms with Crippen molar-refractivity contribution in [2.24, 2.45) is 0 Å². The summed E-state index contributed by atoms with van der Waals surface area (Å²) in [5.74, 6) is -0.959. The molecule has 6 nitrogen and oxygen atoms in total. The second-order valence-electron chi connectivity index (χ2n) is 1.40. The molecular formula is C5H6N2O4. The monoisotopic (exact) mass is 158 g/mol. The van der Waals surface area contributed by atoms with Crippen molar-refractivity contribution in [3.8, 4) is 0 Å². The molecule has 11 heavy (non-hydrogen) atoms. The molecule has 1 aromatic heterocycles. The van der Waals surface area contributed by atoms with Gasteiger partial charge in [-0.2, -0.15) is 5.10 Å². The van der Waals surface area contributed by atoms with Gasteiger partial charge < -0.3 is 10.2 Å². The summed E-state index contributed by atoms with van der Waals surface area (Å²) in [7, 11) is 0. The molecule has 0 atom stereocenters. The Morgan fingerprint density at radius 2 is 2.27 bits per heavy atom. The van der Waals surface area contributed by atoms with E-state index < -0.39 is 5.97 Å². The van der Waals surface area contributed by atoms with E-state index in [0.717, 1.165) is 0 Å². The van der Waals surface area contributed by atoms with Gasteiger partial charge in [0, 0.05) is 6.20 Å². The smallest absolute Gasteiger partial charge is 0.338 e. The maximum atomic E-state index is 10.0. The molecule has 0 aliphatic carbocycles. The number of hydrogen-bond donors (Lipinski definition) is 3. The molecule has 1 rings (SSSR count). The fourth-order valence-corrected chi connectivity index (χ4v) is 0.368. The number of carboxylic acids is 1. The van der Waals surface area contributed by atoms with E-state index in [1.807, 2.05) is 0 Å². The number of hydrogen-bond acceptors (Lipinski definition) is 3. The molecule has 0 radical (unpaired) electrons. The van der Waals surface area contributed by atoms with E-state index in [2.05, 4.69) is 10.2 Å². The number of aromatic amines is 1. The number of nitrogens with zero attached hydrogens (tertiary/aromatic N) is 1. The van der Waals surface area contributed by atoms with Crippen molar-refractivity contribution < 1.29 is 19.8 Å². The van der Waals surface area contributed by atoms with Crippen LogP contribution in [0.25, 0.3) is 0 Å². The van der Waals surface area contributed by atoms with Crippen LogP contribution >= 0.6 is 0 Å². The molecule has 0 aromatic carbocycles. The van der Waals surface area contributed by atoms with E-state index in [0.29, 0.717) is 0 Å². The second-order valence-corrected chi connectivity index (χ2v) is 1.40. The van der Waals surface area contributed by atoms with Gasteiger partial charge >= 0.3 is 5.97 Å². The van der Waals surface area contributed by atoms with Crippen molar-refractivity contribution >= 4 is 12.4 Å². The van der Waals surface area contributed by atoms with Crippen LogP contribution in [0.4, 0.5) is 0 Å². The highest BCUT2D eigenvalue weighted by atomic mass is 16.4. The molecule has 0 fully saturated rings. The molecule has 1 heterocycles. The Morgan fingerprint density at radius 1 is 1.73 bits per heavy atom. The molecule has 3 N–H and O–H groups in total. The van der Waals surface area contributed by atoms with Crippen LogP contribution in [0.1, 0.15) is 10.4 Å². The zero-order valence-corrected chi connectivity index (χ0v) is 5.39. The van der Waals surface area contributed by atoms with E-state index in [1.54, 1.807) is 0 Å². The maximum Gasteiger partial charge on any atom is 0.338 e. The highest BCUT2D eigenvalue weighted by molar-refractivity contribution is 5.86. The largest absolute Gasteiger partial charge is 0.483 e. The zero-order valence-electron chi connectivity index (χ0n) is 5.39. The molecule has 0 unspecified atom stereocenters. The third-order valence-corrected chi connectivity index (χ3v) is 0.745. The number of carbonyl (C=O) groups is 2. The summed E-state index contributed by atoms with van der Waals surface area (Å²) in [6, 6.07) is 0. The molecule has 60 valence electrons. The van der Waals surface area contributed by atoms with Gasteiger partial charge in [-0.3, -0.25) is 9.89 Å². The lowest BCUT2D eigenvalue weighted by Gasteiger charge is -1.77. The number of aromatic nitrogens is 2. The minimum absolute atomic E-state index is 0.185. The first kappa shape index (κ1) is 9.15. The van der Waals surface area contributed by atoms with Crippen molar-refractivity contribution in [3.63, 3.8) is 0 Å². The molecule has 0 spiro atoms. The van der Waals surface area contributed by atoms with E-state index in [-0.39, 0.29) is 12.0 Å². The lowest BCUT2D eigenvalue weighted by molar-refractivity contribution is -0.122. The van der Waals surface area contributed by atoms with Gasteiger partial charge in [-0.25, -0.2) is 4.79 Å². The van der Waals surface area contributed by atoms with Crippen molar-refractivity contribution in [2.75, 3.05) is 0 Å². The predicted octanol–water partition coefficient (Wildman–Crippen LogP) is -0.191. The first-order valence-electron chi connectivity index (χ1n) is 2.52. The van der Waals surface area contributed by atoms with Crippen LogP contribution in [0.15, 0.2) is 12.4 Å². The lowest BCUT2D eigenvalue weighted by atomic mass is 10.4. The zero-order chi connectivity index (χ0) is 8.69.